The molecule has 0 spiro atoms. The number of hydrogen-bond donors (Lipinski definition) is 1. The summed E-state index contributed by atoms with van der Waals surface area (Å²) in [6, 6.07) is 18.8. The van der Waals surface area contributed by atoms with E-state index in [0.717, 1.165) is 35.4 Å². The Hall–Kier alpha value is -3.54. The summed E-state index contributed by atoms with van der Waals surface area (Å²) >= 11 is 0. The molecule has 156 valence electrons. The van der Waals surface area contributed by atoms with Crippen molar-refractivity contribution in [1.82, 2.24) is 19.9 Å². The van der Waals surface area contributed by atoms with Gasteiger partial charge in [-0.25, -0.2) is 9.37 Å². The molecule has 2 aromatic heterocycles. The summed E-state index contributed by atoms with van der Waals surface area (Å²) in [6.07, 6.45) is 1.89. The maximum Gasteiger partial charge on any atom is 0.289 e. The molecule has 1 aliphatic rings. The summed E-state index contributed by atoms with van der Waals surface area (Å²) in [5.41, 5.74) is 5.41. The number of carbonyl (C=O) groups excluding carboxylic acids is 1. The fraction of sp³-hybridized carbons (Fsp3) is 0.240. The zero-order valence-electron chi connectivity index (χ0n) is 17.3. The first-order chi connectivity index (χ1) is 15.1. The van der Waals surface area contributed by atoms with Crippen LogP contribution >= 0.6 is 0 Å². The molecule has 0 aliphatic carbocycles. The standard InChI is InChI=1S/C25H23FN4O/c1-16-12-19(17-6-3-2-4-7-17)13-22(27-16)18-8-5-11-30(15-18)25(31)24-28-21-10-9-20(26)14-23(21)29-24/h2-4,6-7,9-10,12-14,18H,5,8,11,15H2,1H3,(H,28,29)/t18-/m0/s1. The molecule has 2 aromatic carbocycles. The number of pyridine rings is 1. The van der Waals surface area contributed by atoms with Gasteiger partial charge >= 0.3 is 0 Å². The number of imidazole rings is 1. The molecule has 1 aliphatic heterocycles. The smallest absolute Gasteiger partial charge is 0.289 e. The van der Waals surface area contributed by atoms with Gasteiger partial charge in [0.1, 0.15) is 5.82 Å². The van der Waals surface area contributed by atoms with E-state index in [1.165, 1.54) is 12.1 Å². The van der Waals surface area contributed by atoms with Gasteiger partial charge in [-0.15, -0.1) is 0 Å². The van der Waals surface area contributed by atoms with Crippen molar-refractivity contribution in [1.29, 1.82) is 0 Å². The van der Waals surface area contributed by atoms with E-state index in [2.05, 4.69) is 34.2 Å². The number of aromatic nitrogens is 3. The number of likely N-dealkylation sites (tertiary alicyclic amines) is 1. The fourth-order valence-electron chi connectivity index (χ4n) is 4.34. The van der Waals surface area contributed by atoms with E-state index < -0.39 is 0 Å². The Balaban J connectivity index is 1.40. The number of rotatable bonds is 3. The lowest BCUT2D eigenvalue weighted by molar-refractivity contribution is 0.0695. The number of hydrogen-bond acceptors (Lipinski definition) is 3. The van der Waals surface area contributed by atoms with Crippen LogP contribution in [-0.2, 0) is 0 Å². The molecule has 0 unspecified atom stereocenters. The average molecular weight is 414 g/mol. The molecular weight excluding hydrogens is 391 g/mol. The third-order valence-electron chi connectivity index (χ3n) is 5.85. The van der Waals surface area contributed by atoms with Crippen LogP contribution in [-0.4, -0.2) is 38.8 Å². The molecule has 0 radical (unpaired) electrons. The van der Waals surface area contributed by atoms with Crippen LogP contribution in [0, 0.1) is 12.7 Å². The lowest BCUT2D eigenvalue weighted by atomic mass is 9.92. The summed E-state index contributed by atoms with van der Waals surface area (Å²) in [4.78, 5) is 27.1. The summed E-state index contributed by atoms with van der Waals surface area (Å²) in [5, 5.41) is 0. The van der Waals surface area contributed by atoms with Crippen LogP contribution in [0.1, 0.15) is 40.8 Å². The number of piperidine rings is 1. The van der Waals surface area contributed by atoms with E-state index in [1.54, 1.807) is 6.07 Å². The molecule has 1 amide bonds. The third-order valence-corrected chi connectivity index (χ3v) is 5.85. The third kappa shape index (κ3) is 3.93. The normalized spacial score (nSPS) is 16.6. The highest BCUT2D eigenvalue weighted by Gasteiger charge is 2.28. The van der Waals surface area contributed by atoms with Crippen molar-refractivity contribution in [3.8, 4) is 11.1 Å². The zero-order chi connectivity index (χ0) is 21.4. The monoisotopic (exact) mass is 414 g/mol. The quantitative estimate of drug-likeness (QED) is 0.508. The van der Waals surface area contributed by atoms with Crippen LogP contribution in [0.3, 0.4) is 0 Å². The van der Waals surface area contributed by atoms with E-state index in [1.807, 2.05) is 30.0 Å². The summed E-state index contributed by atoms with van der Waals surface area (Å²) in [5.74, 6) is -0.0875. The van der Waals surface area contributed by atoms with Gasteiger partial charge in [0.05, 0.1) is 11.0 Å². The van der Waals surface area contributed by atoms with Gasteiger partial charge in [-0.2, -0.15) is 0 Å². The molecule has 1 saturated heterocycles. The molecule has 31 heavy (non-hydrogen) atoms. The van der Waals surface area contributed by atoms with Gasteiger partial charge < -0.3 is 9.88 Å². The number of benzene rings is 2. The number of fused-ring (bicyclic) bond motifs is 1. The molecule has 3 heterocycles. The van der Waals surface area contributed by atoms with Crippen molar-refractivity contribution in [3.05, 3.63) is 83.7 Å². The molecule has 0 bridgehead atoms. The number of carbonyl (C=O) groups is 1. The Labute approximate surface area is 180 Å². The van der Waals surface area contributed by atoms with E-state index >= 15 is 0 Å². The van der Waals surface area contributed by atoms with Gasteiger partial charge in [-0.05, 0) is 61.2 Å². The Morgan fingerprint density at radius 1 is 1.06 bits per heavy atom. The highest BCUT2D eigenvalue weighted by atomic mass is 19.1. The SMILES string of the molecule is Cc1cc(-c2ccccc2)cc([C@H]2CCCN(C(=O)c3nc4ccc(F)cc4[nH]3)C2)n1. The van der Waals surface area contributed by atoms with Crippen LogP contribution in [0.5, 0.6) is 0 Å². The minimum Gasteiger partial charge on any atom is -0.335 e. The molecule has 5 nitrogen and oxygen atoms in total. The number of aromatic amines is 1. The first-order valence-electron chi connectivity index (χ1n) is 10.6. The number of nitrogens with one attached hydrogen (secondary N) is 1. The topological polar surface area (TPSA) is 61.9 Å². The van der Waals surface area contributed by atoms with Crippen LogP contribution < -0.4 is 0 Å². The summed E-state index contributed by atoms with van der Waals surface area (Å²) in [6.45, 7) is 3.28. The van der Waals surface area contributed by atoms with Crippen molar-refractivity contribution in [3.63, 3.8) is 0 Å². The van der Waals surface area contributed by atoms with Gasteiger partial charge in [0.25, 0.3) is 5.91 Å². The zero-order valence-corrected chi connectivity index (χ0v) is 17.3. The number of aryl methyl sites for hydroxylation is 1. The molecule has 6 heteroatoms. The van der Waals surface area contributed by atoms with Crippen molar-refractivity contribution in [2.45, 2.75) is 25.7 Å². The minimum absolute atomic E-state index is 0.155. The van der Waals surface area contributed by atoms with Crippen LogP contribution in [0.15, 0.2) is 60.7 Å². The molecule has 1 fully saturated rings. The van der Waals surface area contributed by atoms with Gasteiger partial charge in [0, 0.05) is 30.4 Å². The number of amides is 1. The number of nitrogens with zero attached hydrogens (tertiary/aromatic N) is 3. The van der Waals surface area contributed by atoms with Crippen molar-refractivity contribution >= 4 is 16.9 Å². The van der Waals surface area contributed by atoms with Gasteiger partial charge in [-0.1, -0.05) is 30.3 Å². The highest BCUT2D eigenvalue weighted by molar-refractivity contribution is 5.94. The lowest BCUT2D eigenvalue weighted by Crippen LogP contribution is -2.39. The fourth-order valence-corrected chi connectivity index (χ4v) is 4.34. The molecule has 1 N–H and O–H groups in total. The molecule has 0 saturated carbocycles. The van der Waals surface area contributed by atoms with E-state index in [-0.39, 0.29) is 23.5 Å². The van der Waals surface area contributed by atoms with Crippen LogP contribution in [0.2, 0.25) is 0 Å². The van der Waals surface area contributed by atoms with E-state index in [4.69, 9.17) is 4.98 Å². The average Bonchev–Trinajstić information content (AvgIpc) is 3.22. The Bertz CT molecular complexity index is 1250. The largest absolute Gasteiger partial charge is 0.335 e. The second-order valence-corrected chi connectivity index (χ2v) is 8.13. The number of H-pyrrole nitrogens is 1. The first kappa shape index (κ1) is 19.4. The molecular formula is C25H23FN4O. The maximum absolute atomic E-state index is 13.5. The van der Waals surface area contributed by atoms with Gasteiger partial charge in [0.15, 0.2) is 5.82 Å². The van der Waals surface area contributed by atoms with Crippen LogP contribution in [0.4, 0.5) is 4.39 Å². The molecule has 4 aromatic rings. The van der Waals surface area contributed by atoms with Crippen molar-refractivity contribution in [2.75, 3.05) is 13.1 Å². The Morgan fingerprint density at radius 2 is 1.90 bits per heavy atom. The second-order valence-electron chi connectivity index (χ2n) is 8.13. The van der Waals surface area contributed by atoms with Crippen molar-refractivity contribution in [2.24, 2.45) is 0 Å². The van der Waals surface area contributed by atoms with Crippen molar-refractivity contribution < 1.29 is 9.18 Å². The summed E-state index contributed by atoms with van der Waals surface area (Å²) in [7, 11) is 0. The highest BCUT2D eigenvalue weighted by Crippen LogP contribution is 2.30. The van der Waals surface area contributed by atoms with Gasteiger partial charge in [0.2, 0.25) is 0 Å². The van der Waals surface area contributed by atoms with E-state index in [9.17, 15) is 9.18 Å². The lowest BCUT2D eigenvalue weighted by Gasteiger charge is -2.32. The Kier molecular flexibility index (Phi) is 4.98. The first-order valence-corrected chi connectivity index (χ1v) is 10.6. The number of halogens is 1. The minimum atomic E-state index is -0.354. The summed E-state index contributed by atoms with van der Waals surface area (Å²) < 4.78 is 13.5. The predicted octanol–water partition coefficient (Wildman–Crippen LogP) is 5.09. The molecule has 5 rings (SSSR count). The predicted molar refractivity (Wildman–Crippen MR) is 118 cm³/mol. The second kappa shape index (κ2) is 7.95. The Morgan fingerprint density at radius 3 is 2.74 bits per heavy atom. The molecule has 1 atom stereocenters. The van der Waals surface area contributed by atoms with E-state index in [0.29, 0.717) is 24.1 Å². The van der Waals surface area contributed by atoms with Crippen LogP contribution in [0.25, 0.3) is 22.2 Å². The van der Waals surface area contributed by atoms with Gasteiger partial charge in [-0.3, -0.25) is 9.78 Å². The maximum atomic E-state index is 13.5.